The molecule has 2 aromatic carbocycles. The summed E-state index contributed by atoms with van der Waals surface area (Å²) in [4.78, 5) is 22.5. The first-order chi connectivity index (χ1) is 11.7. The SMILES string of the molecule is CS(=O)(=O)c1ccc(/C(NN=O)=C(/C(=O)O)c2ccc(Cl)cc2)cc1. The van der Waals surface area contributed by atoms with Crippen LogP contribution in [-0.2, 0) is 14.6 Å². The third kappa shape index (κ3) is 4.43. The highest BCUT2D eigenvalue weighted by Gasteiger charge is 2.19. The molecule has 0 saturated heterocycles. The first-order valence-corrected chi connectivity index (χ1v) is 9.13. The number of hydrogen-bond acceptors (Lipinski definition) is 5. The van der Waals surface area contributed by atoms with Gasteiger partial charge < -0.3 is 5.11 Å². The maximum absolute atomic E-state index is 11.7. The van der Waals surface area contributed by atoms with Gasteiger partial charge in [0.1, 0.15) is 0 Å². The van der Waals surface area contributed by atoms with Crippen molar-refractivity contribution >= 4 is 38.7 Å². The molecule has 0 unspecified atom stereocenters. The van der Waals surface area contributed by atoms with Crippen LogP contribution in [0.25, 0.3) is 11.3 Å². The molecule has 130 valence electrons. The Kier molecular flexibility index (Phi) is 5.55. The number of benzene rings is 2. The summed E-state index contributed by atoms with van der Waals surface area (Å²) in [5, 5.41) is 12.6. The Balaban J connectivity index is 2.66. The molecule has 0 amide bonds. The first kappa shape index (κ1) is 18.6. The Morgan fingerprint density at radius 2 is 1.56 bits per heavy atom. The number of nitrogens with zero attached hydrogens (tertiary/aromatic N) is 1. The molecule has 2 rings (SSSR count). The van der Waals surface area contributed by atoms with E-state index in [0.717, 1.165) is 6.26 Å². The highest BCUT2D eigenvalue weighted by molar-refractivity contribution is 7.90. The minimum atomic E-state index is -3.40. The Morgan fingerprint density at radius 1 is 1.04 bits per heavy atom. The second kappa shape index (κ2) is 7.45. The van der Waals surface area contributed by atoms with Crippen LogP contribution in [0, 0.1) is 4.91 Å². The predicted octanol–water partition coefficient (Wildman–Crippen LogP) is 2.97. The third-order valence-electron chi connectivity index (χ3n) is 3.33. The average molecular weight is 381 g/mol. The van der Waals surface area contributed by atoms with Crippen molar-refractivity contribution in [3.05, 3.63) is 69.6 Å². The predicted molar refractivity (Wildman–Crippen MR) is 94.4 cm³/mol. The highest BCUT2D eigenvalue weighted by Crippen LogP contribution is 2.27. The molecule has 2 N–H and O–H groups in total. The number of sulfone groups is 1. The number of halogens is 1. The van der Waals surface area contributed by atoms with Crippen molar-refractivity contribution in [2.75, 3.05) is 6.26 Å². The van der Waals surface area contributed by atoms with Crippen LogP contribution in [0.2, 0.25) is 5.02 Å². The number of carboxylic acid groups (broad SMARTS) is 1. The summed E-state index contributed by atoms with van der Waals surface area (Å²) < 4.78 is 23.1. The van der Waals surface area contributed by atoms with E-state index in [1.165, 1.54) is 48.5 Å². The average Bonchev–Trinajstić information content (AvgIpc) is 2.55. The van der Waals surface area contributed by atoms with Crippen LogP contribution in [0.15, 0.2) is 58.7 Å². The van der Waals surface area contributed by atoms with Crippen LogP contribution in [0.1, 0.15) is 11.1 Å². The quantitative estimate of drug-likeness (QED) is 0.345. The van der Waals surface area contributed by atoms with Crippen LogP contribution in [0.5, 0.6) is 0 Å². The van der Waals surface area contributed by atoms with Crippen molar-refractivity contribution in [3.8, 4) is 0 Å². The first-order valence-electron chi connectivity index (χ1n) is 6.86. The maximum Gasteiger partial charge on any atom is 0.338 e. The van der Waals surface area contributed by atoms with Gasteiger partial charge in [-0.05, 0) is 29.8 Å². The fourth-order valence-corrected chi connectivity index (χ4v) is 2.93. The van der Waals surface area contributed by atoms with Gasteiger partial charge in [-0.3, -0.25) is 0 Å². The number of aliphatic carboxylic acids is 1. The zero-order chi connectivity index (χ0) is 18.6. The Labute approximate surface area is 148 Å². The van der Waals surface area contributed by atoms with Crippen molar-refractivity contribution in [1.29, 1.82) is 0 Å². The van der Waals surface area contributed by atoms with Gasteiger partial charge in [0, 0.05) is 16.8 Å². The van der Waals surface area contributed by atoms with Gasteiger partial charge >= 0.3 is 5.97 Å². The number of rotatable bonds is 6. The largest absolute Gasteiger partial charge is 0.478 e. The normalized spacial score (nSPS) is 12.2. The Hall–Kier alpha value is -2.71. The van der Waals surface area contributed by atoms with Gasteiger partial charge in [0.15, 0.2) is 9.84 Å². The number of carboxylic acids is 1. The van der Waals surface area contributed by atoms with Gasteiger partial charge in [-0.2, -0.15) is 0 Å². The standard InChI is InChI=1S/C16H13ClN2O5S/c1-25(23,24)13-8-4-11(5-9-13)15(18-19-22)14(16(20)21)10-2-6-12(17)7-3-10/h2-9H,1H3,(H,18,22)(H,20,21)/b15-14-. The van der Waals surface area contributed by atoms with Crippen molar-refractivity contribution in [1.82, 2.24) is 5.43 Å². The Morgan fingerprint density at radius 3 is 2.00 bits per heavy atom. The molecule has 25 heavy (non-hydrogen) atoms. The number of hydrogen-bond donors (Lipinski definition) is 2. The molecular weight excluding hydrogens is 368 g/mol. The van der Waals surface area contributed by atoms with Crippen LogP contribution < -0.4 is 5.43 Å². The van der Waals surface area contributed by atoms with E-state index in [1.807, 2.05) is 0 Å². The molecule has 2 aromatic rings. The molecule has 0 saturated carbocycles. The van der Waals surface area contributed by atoms with Gasteiger partial charge in [0.05, 0.1) is 21.5 Å². The molecule has 0 fully saturated rings. The molecule has 0 spiro atoms. The number of carbonyl (C=O) groups is 1. The van der Waals surface area contributed by atoms with Crippen molar-refractivity contribution in [3.63, 3.8) is 0 Å². The molecule has 0 aliphatic heterocycles. The molecule has 7 nitrogen and oxygen atoms in total. The van der Waals surface area contributed by atoms with Gasteiger partial charge in [-0.1, -0.05) is 35.9 Å². The number of nitroso groups, excluding NO2 is 1. The van der Waals surface area contributed by atoms with Crippen molar-refractivity contribution in [2.45, 2.75) is 4.90 Å². The molecule has 0 aliphatic rings. The van der Waals surface area contributed by atoms with Crippen molar-refractivity contribution in [2.24, 2.45) is 5.29 Å². The lowest BCUT2D eigenvalue weighted by Crippen LogP contribution is -2.12. The van der Waals surface area contributed by atoms with E-state index in [9.17, 15) is 23.2 Å². The summed E-state index contributed by atoms with van der Waals surface area (Å²) in [7, 11) is -3.40. The van der Waals surface area contributed by atoms with Gasteiger partial charge in [0.25, 0.3) is 0 Å². The van der Waals surface area contributed by atoms with E-state index in [4.69, 9.17) is 11.6 Å². The second-order valence-corrected chi connectivity index (χ2v) is 7.51. The van der Waals surface area contributed by atoms with E-state index >= 15 is 0 Å². The lowest BCUT2D eigenvalue weighted by Gasteiger charge is -2.12. The summed E-state index contributed by atoms with van der Waals surface area (Å²) in [5.74, 6) is -1.29. The summed E-state index contributed by atoms with van der Waals surface area (Å²) in [6.07, 6.45) is 1.06. The molecule has 0 heterocycles. The van der Waals surface area contributed by atoms with Crippen LogP contribution >= 0.6 is 11.6 Å². The van der Waals surface area contributed by atoms with E-state index in [2.05, 4.69) is 10.7 Å². The van der Waals surface area contributed by atoms with Gasteiger partial charge in [0.2, 0.25) is 0 Å². The van der Waals surface area contributed by atoms with Crippen LogP contribution in [0.4, 0.5) is 0 Å². The summed E-state index contributed by atoms with van der Waals surface area (Å²) in [5.41, 5.74) is 2.46. The lowest BCUT2D eigenvalue weighted by molar-refractivity contribution is -0.130. The summed E-state index contributed by atoms with van der Waals surface area (Å²) in [6.45, 7) is 0. The lowest BCUT2D eigenvalue weighted by atomic mass is 10.00. The minimum absolute atomic E-state index is 0.0649. The van der Waals surface area contributed by atoms with E-state index < -0.39 is 15.8 Å². The fraction of sp³-hybridized carbons (Fsp3) is 0.0625. The van der Waals surface area contributed by atoms with E-state index in [1.54, 1.807) is 0 Å². The maximum atomic E-state index is 11.7. The molecule has 9 heteroatoms. The molecule has 0 aromatic heterocycles. The molecule has 0 radical (unpaired) electrons. The minimum Gasteiger partial charge on any atom is -0.478 e. The monoisotopic (exact) mass is 380 g/mol. The smallest absolute Gasteiger partial charge is 0.338 e. The summed E-state index contributed by atoms with van der Waals surface area (Å²) >= 11 is 5.81. The van der Waals surface area contributed by atoms with Gasteiger partial charge in [-0.15, -0.1) is 4.91 Å². The second-order valence-electron chi connectivity index (χ2n) is 5.06. The molecule has 0 bridgehead atoms. The van der Waals surface area contributed by atoms with Crippen LogP contribution in [0.3, 0.4) is 0 Å². The zero-order valence-electron chi connectivity index (χ0n) is 12.9. The van der Waals surface area contributed by atoms with Crippen molar-refractivity contribution < 1.29 is 18.3 Å². The summed E-state index contributed by atoms with van der Waals surface area (Å²) in [6, 6.07) is 11.4. The topological polar surface area (TPSA) is 113 Å². The fourth-order valence-electron chi connectivity index (χ4n) is 2.17. The zero-order valence-corrected chi connectivity index (χ0v) is 14.5. The molecular formula is C16H13ClN2O5S. The number of nitrogens with one attached hydrogen (secondary N) is 1. The van der Waals surface area contributed by atoms with Crippen LogP contribution in [-0.4, -0.2) is 25.7 Å². The Bertz CT molecular complexity index is 935. The van der Waals surface area contributed by atoms with E-state index in [0.29, 0.717) is 16.1 Å². The van der Waals surface area contributed by atoms with E-state index in [-0.39, 0.29) is 16.2 Å². The third-order valence-corrected chi connectivity index (χ3v) is 4.71. The molecule has 0 aliphatic carbocycles. The van der Waals surface area contributed by atoms with Gasteiger partial charge in [-0.25, -0.2) is 18.6 Å². The molecule has 0 atom stereocenters. The highest BCUT2D eigenvalue weighted by atomic mass is 35.5.